The number of hydrogen-bond acceptors (Lipinski definition) is 6. The Kier molecular flexibility index (Phi) is 8.41. The van der Waals surface area contributed by atoms with E-state index in [2.05, 4.69) is 29.4 Å². The van der Waals surface area contributed by atoms with E-state index in [9.17, 15) is 4.79 Å². The molecule has 0 saturated heterocycles. The molecule has 3 aromatic rings. The first-order valence-corrected chi connectivity index (χ1v) is 11.6. The summed E-state index contributed by atoms with van der Waals surface area (Å²) in [6.45, 7) is 6.90. The van der Waals surface area contributed by atoms with Crippen molar-refractivity contribution >= 4 is 35.0 Å². The van der Waals surface area contributed by atoms with Crippen molar-refractivity contribution < 1.29 is 14.3 Å². The van der Waals surface area contributed by atoms with Gasteiger partial charge in [-0.25, -0.2) is 0 Å². The molecule has 0 radical (unpaired) electrons. The van der Waals surface area contributed by atoms with Crippen molar-refractivity contribution in [3.05, 3.63) is 59.4 Å². The molecule has 0 aliphatic rings. The van der Waals surface area contributed by atoms with Crippen molar-refractivity contribution in [1.29, 1.82) is 0 Å². The number of nitrogens with one attached hydrogen (secondary N) is 1. The van der Waals surface area contributed by atoms with Crippen molar-refractivity contribution in [2.45, 2.75) is 38.6 Å². The molecule has 0 fully saturated rings. The summed E-state index contributed by atoms with van der Waals surface area (Å²) in [6, 6.07) is 14.4. The third-order valence-electron chi connectivity index (χ3n) is 4.47. The first kappa shape index (κ1) is 23.9. The second-order valence-electron chi connectivity index (χ2n) is 7.63. The summed E-state index contributed by atoms with van der Waals surface area (Å²) in [7, 11) is 1.62. The Morgan fingerprint density at radius 1 is 1.12 bits per heavy atom. The van der Waals surface area contributed by atoms with Gasteiger partial charge in [0.05, 0.1) is 12.9 Å². The zero-order valence-electron chi connectivity index (χ0n) is 18.5. The summed E-state index contributed by atoms with van der Waals surface area (Å²) < 4.78 is 13.4. The number of thioether (sulfide) groups is 1. The Balaban J connectivity index is 1.69. The van der Waals surface area contributed by atoms with E-state index in [0.717, 1.165) is 12.3 Å². The highest BCUT2D eigenvalue weighted by molar-refractivity contribution is 7.99. The highest BCUT2D eigenvalue weighted by Gasteiger charge is 2.21. The molecule has 3 rings (SSSR count). The third kappa shape index (κ3) is 6.64. The van der Waals surface area contributed by atoms with E-state index in [1.807, 2.05) is 35.8 Å². The maximum atomic E-state index is 12.4. The molecule has 0 saturated carbocycles. The summed E-state index contributed by atoms with van der Waals surface area (Å²) in [4.78, 5) is 12.4. The Hall–Kier alpha value is -2.71. The van der Waals surface area contributed by atoms with Crippen LogP contribution in [0.3, 0.4) is 0 Å². The van der Waals surface area contributed by atoms with E-state index < -0.39 is 0 Å². The lowest BCUT2D eigenvalue weighted by Gasteiger charge is -2.18. The molecule has 0 aliphatic carbocycles. The fourth-order valence-corrected chi connectivity index (χ4v) is 3.92. The molecule has 9 heteroatoms. The molecule has 1 N–H and O–H groups in total. The maximum absolute atomic E-state index is 12.4. The number of carbonyl (C=O) groups is 1. The normalized spacial score (nSPS) is 11.9. The summed E-state index contributed by atoms with van der Waals surface area (Å²) in [6.07, 6.45) is -0.328. The van der Waals surface area contributed by atoms with Crippen LogP contribution in [0, 0.1) is 5.92 Å². The summed E-state index contributed by atoms with van der Waals surface area (Å²) in [5.74, 6) is 2.58. The van der Waals surface area contributed by atoms with Gasteiger partial charge in [0.15, 0.2) is 17.1 Å². The van der Waals surface area contributed by atoms with Crippen molar-refractivity contribution in [3.8, 4) is 11.5 Å². The van der Waals surface area contributed by atoms with Gasteiger partial charge in [-0.05, 0) is 49.2 Å². The quantitative estimate of drug-likeness (QED) is 0.393. The average Bonchev–Trinajstić information content (AvgIpc) is 3.16. The van der Waals surface area contributed by atoms with Gasteiger partial charge in [0.2, 0.25) is 5.91 Å². The van der Waals surface area contributed by atoms with Gasteiger partial charge in [0, 0.05) is 23.3 Å². The Morgan fingerprint density at radius 2 is 1.84 bits per heavy atom. The molecule has 7 nitrogen and oxygen atoms in total. The number of benzene rings is 2. The summed E-state index contributed by atoms with van der Waals surface area (Å²) in [5.41, 5.74) is 0.699. The van der Waals surface area contributed by atoms with E-state index in [-0.39, 0.29) is 17.8 Å². The third-order valence-corrected chi connectivity index (χ3v) is 5.69. The lowest BCUT2D eigenvalue weighted by molar-refractivity contribution is -0.113. The van der Waals surface area contributed by atoms with Gasteiger partial charge in [-0.1, -0.05) is 43.3 Å². The van der Waals surface area contributed by atoms with Gasteiger partial charge in [0.25, 0.3) is 0 Å². The fourth-order valence-electron chi connectivity index (χ4n) is 3.04. The highest BCUT2D eigenvalue weighted by Crippen LogP contribution is 2.27. The van der Waals surface area contributed by atoms with Crippen molar-refractivity contribution in [3.63, 3.8) is 0 Å². The van der Waals surface area contributed by atoms with Crippen LogP contribution < -0.4 is 14.8 Å². The minimum Gasteiger partial charge on any atom is -0.497 e. The lowest BCUT2D eigenvalue weighted by Crippen LogP contribution is -2.17. The highest BCUT2D eigenvalue weighted by atomic mass is 35.5. The predicted molar refractivity (Wildman–Crippen MR) is 128 cm³/mol. The van der Waals surface area contributed by atoms with Gasteiger partial charge >= 0.3 is 0 Å². The molecule has 0 aliphatic heterocycles. The number of carbonyl (C=O) groups excluding carboxylic acids is 1. The van der Waals surface area contributed by atoms with Crippen LogP contribution in [0.25, 0.3) is 0 Å². The molecular formula is C23H27ClN4O3S. The number of rotatable bonds is 10. The second kappa shape index (κ2) is 11.2. The zero-order valence-corrected chi connectivity index (χ0v) is 20.1. The summed E-state index contributed by atoms with van der Waals surface area (Å²) >= 11 is 7.24. The molecule has 0 bridgehead atoms. The predicted octanol–water partition coefficient (Wildman–Crippen LogP) is 5.47. The van der Waals surface area contributed by atoms with E-state index >= 15 is 0 Å². The van der Waals surface area contributed by atoms with Gasteiger partial charge in [-0.3, -0.25) is 4.79 Å². The number of amides is 1. The second-order valence-corrected chi connectivity index (χ2v) is 9.01. The standard InChI is InChI=1S/C23H27ClN4O3S/c1-15(2)13-28-22(16(3)31-20-7-5-6-19(12-20)30-4)26-27-23(28)32-14-21(29)25-18-10-8-17(24)9-11-18/h5-12,15-16H,13-14H2,1-4H3,(H,25,29). The number of aromatic nitrogens is 3. The average molecular weight is 475 g/mol. The van der Waals surface area contributed by atoms with E-state index in [0.29, 0.717) is 33.4 Å². The SMILES string of the molecule is COc1cccc(OC(C)c2nnc(SCC(=O)Nc3ccc(Cl)cc3)n2CC(C)C)c1. The van der Waals surface area contributed by atoms with Crippen LogP contribution in [0.4, 0.5) is 5.69 Å². The minimum atomic E-state index is -0.328. The van der Waals surface area contributed by atoms with Gasteiger partial charge in [0.1, 0.15) is 11.5 Å². The smallest absolute Gasteiger partial charge is 0.234 e. The van der Waals surface area contributed by atoms with E-state index in [1.165, 1.54) is 11.8 Å². The van der Waals surface area contributed by atoms with Crippen LogP contribution in [0.5, 0.6) is 11.5 Å². The van der Waals surface area contributed by atoms with E-state index in [1.54, 1.807) is 31.4 Å². The fraction of sp³-hybridized carbons (Fsp3) is 0.348. The molecule has 1 heterocycles. The van der Waals surface area contributed by atoms with Crippen LogP contribution in [0.15, 0.2) is 53.7 Å². The number of ether oxygens (including phenoxy) is 2. The maximum Gasteiger partial charge on any atom is 0.234 e. The molecule has 1 amide bonds. The number of halogens is 1. The molecule has 1 aromatic heterocycles. The topological polar surface area (TPSA) is 78.3 Å². The first-order valence-electron chi connectivity index (χ1n) is 10.3. The molecule has 170 valence electrons. The molecule has 2 aromatic carbocycles. The van der Waals surface area contributed by atoms with E-state index in [4.69, 9.17) is 21.1 Å². The van der Waals surface area contributed by atoms with Gasteiger partial charge in [-0.2, -0.15) is 0 Å². The molecule has 32 heavy (non-hydrogen) atoms. The van der Waals surface area contributed by atoms with Gasteiger partial charge < -0.3 is 19.4 Å². The molecular weight excluding hydrogens is 448 g/mol. The van der Waals surface area contributed by atoms with Crippen LogP contribution in [-0.4, -0.2) is 33.5 Å². The van der Waals surface area contributed by atoms with Crippen molar-refractivity contribution in [1.82, 2.24) is 14.8 Å². The minimum absolute atomic E-state index is 0.126. The number of anilines is 1. The zero-order chi connectivity index (χ0) is 23.1. The van der Waals surface area contributed by atoms with Crippen molar-refractivity contribution in [2.24, 2.45) is 5.92 Å². The first-order chi connectivity index (χ1) is 15.4. The number of nitrogens with zero attached hydrogens (tertiary/aromatic N) is 3. The Morgan fingerprint density at radius 3 is 2.53 bits per heavy atom. The largest absolute Gasteiger partial charge is 0.497 e. The molecule has 1 unspecified atom stereocenters. The number of hydrogen-bond donors (Lipinski definition) is 1. The molecule has 1 atom stereocenters. The monoisotopic (exact) mass is 474 g/mol. The van der Waals surface area contributed by atoms with Crippen LogP contribution >= 0.6 is 23.4 Å². The van der Waals surface area contributed by atoms with Gasteiger partial charge in [-0.15, -0.1) is 10.2 Å². The van der Waals surface area contributed by atoms with Crippen LogP contribution in [-0.2, 0) is 11.3 Å². The lowest BCUT2D eigenvalue weighted by atomic mass is 10.2. The summed E-state index contributed by atoms with van der Waals surface area (Å²) in [5, 5.41) is 12.9. The van der Waals surface area contributed by atoms with Crippen LogP contribution in [0.1, 0.15) is 32.7 Å². The number of methoxy groups -OCH3 is 1. The Bertz CT molecular complexity index is 1040. The van der Waals surface area contributed by atoms with Crippen LogP contribution in [0.2, 0.25) is 5.02 Å². The Labute approximate surface area is 197 Å². The molecule has 0 spiro atoms. The van der Waals surface area contributed by atoms with Crippen molar-refractivity contribution in [2.75, 3.05) is 18.2 Å².